The highest BCUT2D eigenvalue weighted by Crippen LogP contribution is 2.33. The molecule has 234 valence electrons. The number of ether oxygens (including phenoxy) is 3. The molecule has 1 N–H and O–H groups in total. The summed E-state index contributed by atoms with van der Waals surface area (Å²) in [5, 5.41) is 7.66. The molecular formula is C34H34N8O4. The first kappa shape index (κ1) is 30.3. The Morgan fingerprint density at radius 1 is 0.978 bits per heavy atom. The number of carbonyl (C=O) groups is 1. The lowest BCUT2D eigenvalue weighted by Crippen LogP contribution is -2.25. The molecule has 0 radical (unpaired) electrons. The van der Waals surface area contributed by atoms with E-state index in [1.54, 1.807) is 49.3 Å². The topological polar surface area (TPSA) is 131 Å². The van der Waals surface area contributed by atoms with Crippen LogP contribution in [0, 0.1) is 13.8 Å². The van der Waals surface area contributed by atoms with Crippen molar-refractivity contribution in [1.29, 1.82) is 0 Å². The number of imidazole rings is 1. The Bertz CT molecular complexity index is 2020. The largest absolute Gasteiger partial charge is 0.497 e. The smallest absolute Gasteiger partial charge is 0.287 e. The van der Waals surface area contributed by atoms with Gasteiger partial charge in [0, 0.05) is 37.1 Å². The maximum Gasteiger partial charge on any atom is 0.287 e. The van der Waals surface area contributed by atoms with Crippen molar-refractivity contribution in [2.24, 2.45) is 0 Å². The zero-order valence-corrected chi connectivity index (χ0v) is 26.3. The Hall–Kier alpha value is -5.78. The van der Waals surface area contributed by atoms with E-state index >= 15 is 0 Å². The van der Waals surface area contributed by atoms with E-state index in [0.717, 1.165) is 22.5 Å². The van der Waals surface area contributed by atoms with Crippen LogP contribution >= 0.6 is 0 Å². The molecule has 0 spiro atoms. The zero-order valence-electron chi connectivity index (χ0n) is 26.3. The molecule has 46 heavy (non-hydrogen) atoms. The Kier molecular flexibility index (Phi) is 8.59. The van der Waals surface area contributed by atoms with Crippen molar-refractivity contribution in [3.8, 4) is 40.2 Å². The fourth-order valence-electron chi connectivity index (χ4n) is 5.20. The molecule has 1 amide bonds. The van der Waals surface area contributed by atoms with Gasteiger partial charge in [-0.3, -0.25) is 18.9 Å². The second-order valence-electron chi connectivity index (χ2n) is 10.5. The van der Waals surface area contributed by atoms with Gasteiger partial charge in [-0.2, -0.15) is 5.10 Å². The third kappa shape index (κ3) is 5.96. The fraction of sp³-hybridized carbons (Fsp3) is 0.235. The summed E-state index contributed by atoms with van der Waals surface area (Å²) in [6.07, 6.45) is 5.14. The Labute approximate surface area is 266 Å². The van der Waals surface area contributed by atoms with Gasteiger partial charge in [-0.05, 0) is 44.5 Å². The SMILES string of the molecule is CCn1nc(C)c(OCc2ccccc2)c1-c1nccc(-c2nc(C(=O)NCc3ccc(OC)cc3OC)n3cc(C)ncc23)n1. The lowest BCUT2D eigenvalue weighted by molar-refractivity contribution is 0.0939. The van der Waals surface area contributed by atoms with Crippen LogP contribution in [0.4, 0.5) is 0 Å². The minimum absolute atomic E-state index is 0.199. The molecule has 0 aliphatic heterocycles. The van der Waals surface area contributed by atoms with Crippen LogP contribution in [0.5, 0.6) is 17.2 Å². The molecule has 4 heterocycles. The molecule has 4 aromatic heterocycles. The summed E-state index contributed by atoms with van der Waals surface area (Å²) in [6.45, 7) is 6.97. The third-order valence-electron chi connectivity index (χ3n) is 7.50. The van der Waals surface area contributed by atoms with E-state index in [1.165, 1.54) is 0 Å². The maximum atomic E-state index is 13.6. The Morgan fingerprint density at radius 3 is 2.57 bits per heavy atom. The van der Waals surface area contributed by atoms with Crippen LogP contribution in [0.25, 0.3) is 28.4 Å². The molecule has 0 unspecified atom stereocenters. The van der Waals surface area contributed by atoms with Crippen molar-refractivity contribution in [3.05, 3.63) is 102 Å². The summed E-state index contributed by atoms with van der Waals surface area (Å²) < 4.78 is 20.6. The van der Waals surface area contributed by atoms with Gasteiger partial charge >= 0.3 is 0 Å². The zero-order chi connectivity index (χ0) is 32.2. The first-order chi connectivity index (χ1) is 22.4. The highest BCUT2D eigenvalue weighted by Gasteiger charge is 2.24. The minimum atomic E-state index is -0.365. The minimum Gasteiger partial charge on any atom is -0.497 e. The molecule has 0 bridgehead atoms. The number of methoxy groups -OCH3 is 2. The number of fused-ring (bicyclic) bond motifs is 1. The van der Waals surface area contributed by atoms with Crippen LogP contribution in [0.15, 0.2) is 73.2 Å². The Morgan fingerprint density at radius 2 is 1.80 bits per heavy atom. The van der Waals surface area contributed by atoms with E-state index in [-0.39, 0.29) is 18.3 Å². The van der Waals surface area contributed by atoms with E-state index < -0.39 is 0 Å². The predicted molar refractivity (Wildman–Crippen MR) is 172 cm³/mol. The van der Waals surface area contributed by atoms with Gasteiger partial charge in [-0.15, -0.1) is 0 Å². The molecule has 6 aromatic rings. The summed E-state index contributed by atoms with van der Waals surface area (Å²) in [7, 11) is 3.17. The van der Waals surface area contributed by atoms with Crippen molar-refractivity contribution in [3.63, 3.8) is 0 Å². The quantitative estimate of drug-likeness (QED) is 0.208. The lowest BCUT2D eigenvalue weighted by atomic mass is 10.2. The summed E-state index contributed by atoms with van der Waals surface area (Å²) in [5.41, 5.74) is 5.62. The maximum absolute atomic E-state index is 13.6. The van der Waals surface area contributed by atoms with Gasteiger partial charge in [0.05, 0.1) is 37.3 Å². The van der Waals surface area contributed by atoms with Crippen molar-refractivity contribution in [2.75, 3.05) is 14.2 Å². The van der Waals surface area contributed by atoms with Gasteiger partial charge in [-0.25, -0.2) is 15.0 Å². The van der Waals surface area contributed by atoms with E-state index in [1.807, 2.05) is 67.9 Å². The summed E-state index contributed by atoms with van der Waals surface area (Å²) >= 11 is 0. The molecule has 0 saturated heterocycles. The number of hydrogen-bond donors (Lipinski definition) is 1. The molecule has 0 aliphatic carbocycles. The molecule has 6 rings (SSSR count). The van der Waals surface area contributed by atoms with Crippen molar-refractivity contribution < 1.29 is 19.0 Å². The van der Waals surface area contributed by atoms with E-state index in [0.29, 0.717) is 58.8 Å². The first-order valence-corrected chi connectivity index (χ1v) is 14.8. The van der Waals surface area contributed by atoms with Gasteiger partial charge in [-0.1, -0.05) is 30.3 Å². The molecule has 12 heteroatoms. The number of amides is 1. The van der Waals surface area contributed by atoms with E-state index in [4.69, 9.17) is 24.2 Å². The number of aryl methyl sites for hydroxylation is 3. The standard InChI is InChI=1S/C34H34N8O4/c1-6-42-30(31(22(3)40-42)46-20-23-10-8-7-9-11-23)32-35-15-14-26(38-32)29-27-18-36-21(2)19-41(27)33(39-29)34(43)37-17-24-12-13-25(44-4)16-28(24)45-5/h7-16,18-19H,6,17,20H2,1-5H3,(H,37,43). The highest BCUT2D eigenvalue weighted by atomic mass is 16.5. The van der Waals surface area contributed by atoms with Crippen molar-refractivity contribution >= 4 is 11.4 Å². The molecule has 12 nitrogen and oxygen atoms in total. The molecule has 0 saturated carbocycles. The van der Waals surface area contributed by atoms with E-state index in [2.05, 4.69) is 20.4 Å². The van der Waals surface area contributed by atoms with Crippen LogP contribution in [0.1, 0.15) is 40.1 Å². The number of hydrogen-bond acceptors (Lipinski definition) is 9. The van der Waals surface area contributed by atoms with Crippen LogP contribution in [0.3, 0.4) is 0 Å². The Balaban J connectivity index is 1.35. The van der Waals surface area contributed by atoms with Crippen LogP contribution in [-0.4, -0.2) is 54.2 Å². The number of rotatable bonds is 11. The number of nitrogens with one attached hydrogen (secondary N) is 1. The second kappa shape index (κ2) is 13.1. The number of benzene rings is 2. The van der Waals surface area contributed by atoms with E-state index in [9.17, 15) is 4.79 Å². The molecular weight excluding hydrogens is 584 g/mol. The average Bonchev–Trinajstić information content (AvgIpc) is 3.63. The predicted octanol–water partition coefficient (Wildman–Crippen LogP) is 5.21. The van der Waals surface area contributed by atoms with Crippen LogP contribution in [-0.2, 0) is 19.7 Å². The van der Waals surface area contributed by atoms with Crippen LogP contribution in [0.2, 0.25) is 0 Å². The third-order valence-corrected chi connectivity index (χ3v) is 7.50. The normalized spacial score (nSPS) is 11.1. The second-order valence-corrected chi connectivity index (χ2v) is 10.5. The molecule has 0 aliphatic rings. The van der Waals surface area contributed by atoms with Gasteiger partial charge in [0.1, 0.15) is 35.2 Å². The monoisotopic (exact) mass is 618 g/mol. The van der Waals surface area contributed by atoms with Crippen molar-refractivity contribution in [2.45, 2.75) is 40.5 Å². The lowest BCUT2D eigenvalue weighted by Gasteiger charge is -2.11. The van der Waals surface area contributed by atoms with Gasteiger partial charge in [0.15, 0.2) is 11.6 Å². The summed E-state index contributed by atoms with van der Waals surface area (Å²) in [6, 6.07) is 17.2. The first-order valence-electron chi connectivity index (χ1n) is 14.8. The van der Waals surface area contributed by atoms with Gasteiger partial charge in [0.25, 0.3) is 5.91 Å². The fourth-order valence-corrected chi connectivity index (χ4v) is 5.20. The van der Waals surface area contributed by atoms with Crippen molar-refractivity contribution in [1.82, 2.24) is 39.4 Å². The summed E-state index contributed by atoms with van der Waals surface area (Å²) in [5.74, 6) is 2.15. The van der Waals surface area contributed by atoms with Crippen LogP contribution < -0.4 is 19.5 Å². The number of aromatic nitrogens is 7. The molecule has 0 fully saturated rings. The summed E-state index contributed by atoms with van der Waals surface area (Å²) in [4.78, 5) is 32.3. The molecule has 2 aromatic carbocycles. The van der Waals surface area contributed by atoms with Gasteiger partial charge < -0.3 is 19.5 Å². The van der Waals surface area contributed by atoms with Gasteiger partial charge in [0.2, 0.25) is 5.82 Å². The average molecular weight is 619 g/mol. The highest BCUT2D eigenvalue weighted by molar-refractivity contribution is 5.94. The number of nitrogens with zero attached hydrogens (tertiary/aromatic N) is 7. The molecule has 0 atom stereocenters. The number of carbonyl (C=O) groups excluding carboxylic acids is 1.